The third-order valence-electron chi connectivity index (χ3n) is 17.3. The van der Waals surface area contributed by atoms with Crippen LogP contribution in [-0.2, 0) is 0 Å². The first-order valence-corrected chi connectivity index (χ1v) is 41.5. The number of thiophene rings is 5. The maximum atomic E-state index is 5.15. The van der Waals surface area contributed by atoms with Gasteiger partial charge in [-0.3, -0.25) is 0 Å². The molecular formula is C108H80S5. The van der Waals surface area contributed by atoms with Crippen molar-refractivity contribution in [1.29, 1.82) is 0 Å². The van der Waals surface area contributed by atoms with Crippen LogP contribution in [0.5, 0.6) is 0 Å². The van der Waals surface area contributed by atoms with E-state index in [2.05, 4.69) is 209 Å². The highest BCUT2D eigenvalue weighted by Gasteiger charge is 2.39. The lowest BCUT2D eigenvalue weighted by Gasteiger charge is -2.43. The standard InChI is InChI=1S/C20H14.C16H10.C14H8S.C14H10.C12H6S2.C12H14.C10H6S2.C10H12/c1-3-7-17(8-4-1)11-12-18-13-15-20(16-14-18)19-9-5-2-6-10-19;1-2-3-7-14-10-12-16(13-11-14)15-8-5-4-6-9-15;1-2-7-13(8-3-1)9-4-5-10-14-11-6-12-15-14;1-3-7-13(8-4-1)11-12-14-9-5-2-6-10-14;1(5-11-7-3-9-13-11)2-6-12-8-4-10-14-12;1-2-3-7-12-8-4-11(5-9-12)6-10-12;1-3-9(11-7-1)5-6-10-4-2-8-12-10;1-2-3-7-10-8-5-4-6-9-10/h1-10,13-16H;1,4-6,8-13H;1-3,6-8,11-12H;1-10H;3-4,7-10H;1,11H,4-6,8-10H2;1-4,7-8H;1,10H,4-6,8-9H2. The highest BCUT2D eigenvalue weighted by Crippen LogP contribution is 2.49. The van der Waals surface area contributed by atoms with Crippen molar-refractivity contribution in [2.75, 3.05) is 0 Å². The third-order valence-corrected chi connectivity index (χ3v) is 21.2. The van der Waals surface area contributed by atoms with Crippen molar-refractivity contribution < 1.29 is 0 Å². The van der Waals surface area contributed by atoms with Gasteiger partial charge in [-0.1, -0.05) is 255 Å². The van der Waals surface area contributed by atoms with Crippen LogP contribution in [0.1, 0.15) is 128 Å². The van der Waals surface area contributed by atoms with Gasteiger partial charge in [-0.05, 0) is 298 Å². The molecule has 4 saturated carbocycles. The van der Waals surface area contributed by atoms with Crippen molar-refractivity contribution in [3.63, 3.8) is 0 Å². The van der Waals surface area contributed by atoms with E-state index in [1.54, 1.807) is 56.7 Å². The largest absolute Gasteiger partial charge is 0.135 e. The summed E-state index contributed by atoms with van der Waals surface area (Å²) >= 11 is 8.24. The Kier molecular flexibility index (Phi) is 37.7. The molecule has 0 saturated heterocycles. The first-order chi connectivity index (χ1) is 55.9. The summed E-state index contributed by atoms with van der Waals surface area (Å²) in [6.45, 7) is 0. The summed E-state index contributed by atoms with van der Waals surface area (Å²) in [4.78, 5) is 5.43. The highest BCUT2D eigenvalue weighted by molar-refractivity contribution is 7.11. The van der Waals surface area contributed by atoms with Gasteiger partial charge in [-0.2, -0.15) is 0 Å². The number of benzene rings is 8. The van der Waals surface area contributed by atoms with Gasteiger partial charge in [0.1, 0.15) is 0 Å². The molecule has 5 heteroatoms. The Morgan fingerprint density at radius 1 is 0.239 bits per heavy atom. The van der Waals surface area contributed by atoms with Crippen molar-refractivity contribution >= 4 is 56.7 Å². The molecule has 0 nitrogen and oxygen atoms in total. The van der Waals surface area contributed by atoms with Gasteiger partial charge in [-0.15, -0.1) is 76.0 Å². The third kappa shape index (κ3) is 33.5. The molecule has 4 aliphatic rings. The summed E-state index contributed by atoms with van der Waals surface area (Å²) in [5.74, 6) is 68.1. The molecule has 4 fully saturated rings. The zero-order valence-corrected chi connectivity index (χ0v) is 66.9. The molecular weight excluding hydrogens is 1460 g/mol. The molecule has 0 N–H and O–H groups in total. The second-order valence-electron chi connectivity index (χ2n) is 25.3. The summed E-state index contributed by atoms with van der Waals surface area (Å²) in [6.07, 6.45) is 29.9. The van der Waals surface area contributed by atoms with Crippen LogP contribution in [0.4, 0.5) is 0 Å². The Morgan fingerprint density at radius 2 is 0.522 bits per heavy atom. The van der Waals surface area contributed by atoms with Gasteiger partial charge in [0.2, 0.25) is 0 Å². The van der Waals surface area contributed by atoms with Crippen LogP contribution >= 0.6 is 56.7 Å². The van der Waals surface area contributed by atoms with E-state index in [9.17, 15) is 0 Å². The maximum Gasteiger partial charge on any atom is 0.0778 e. The van der Waals surface area contributed by atoms with Crippen molar-refractivity contribution in [3.8, 4) is 178 Å². The molecule has 4 aliphatic carbocycles. The first-order valence-electron chi connectivity index (χ1n) is 37.1. The summed E-state index contributed by atoms with van der Waals surface area (Å²) in [7, 11) is 0. The highest BCUT2D eigenvalue weighted by atomic mass is 32.1. The summed E-state index contributed by atoms with van der Waals surface area (Å²) in [5.41, 5.74) is 11.3. The zero-order chi connectivity index (χ0) is 78.4. The van der Waals surface area contributed by atoms with Crippen LogP contribution in [0, 0.1) is 173 Å². The van der Waals surface area contributed by atoms with E-state index in [-0.39, 0.29) is 0 Å². The lowest BCUT2D eigenvalue weighted by atomic mass is 9.61. The van der Waals surface area contributed by atoms with E-state index >= 15 is 0 Å². The van der Waals surface area contributed by atoms with Crippen molar-refractivity contribution in [2.45, 2.75) is 70.6 Å². The van der Waals surface area contributed by atoms with Gasteiger partial charge in [-0.25, -0.2) is 0 Å². The Hall–Kier alpha value is -13.5. The fourth-order valence-corrected chi connectivity index (χ4v) is 14.3. The van der Waals surface area contributed by atoms with Crippen LogP contribution in [0.15, 0.2) is 318 Å². The van der Waals surface area contributed by atoms with Gasteiger partial charge in [0.15, 0.2) is 0 Å². The average Bonchev–Trinajstić information content (AvgIpc) is 1.80. The molecule has 0 spiro atoms. The molecule has 113 heavy (non-hydrogen) atoms. The predicted molar refractivity (Wildman–Crippen MR) is 486 cm³/mol. The minimum atomic E-state index is 0.334. The molecule has 0 unspecified atom stereocenters. The minimum Gasteiger partial charge on any atom is -0.135 e. The zero-order valence-electron chi connectivity index (χ0n) is 62.8. The molecule has 542 valence electrons. The van der Waals surface area contributed by atoms with Gasteiger partial charge < -0.3 is 0 Å². The van der Waals surface area contributed by atoms with Crippen LogP contribution in [0.3, 0.4) is 0 Å². The molecule has 5 aromatic heterocycles. The predicted octanol–water partition coefficient (Wildman–Crippen LogP) is 25.5. The molecule has 0 atom stereocenters. The van der Waals surface area contributed by atoms with Gasteiger partial charge >= 0.3 is 0 Å². The van der Waals surface area contributed by atoms with E-state index in [0.717, 1.165) is 63.7 Å². The Labute approximate surface area is 692 Å². The second kappa shape index (κ2) is 51.0. The number of hydrogen-bond acceptors (Lipinski definition) is 5. The van der Waals surface area contributed by atoms with Crippen molar-refractivity contribution in [3.05, 3.63) is 376 Å². The van der Waals surface area contributed by atoms with Crippen LogP contribution in [0.2, 0.25) is 0 Å². The lowest BCUT2D eigenvalue weighted by molar-refractivity contribution is 0.119. The minimum absolute atomic E-state index is 0.334. The summed E-state index contributed by atoms with van der Waals surface area (Å²) < 4.78 is 0. The fourth-order valence-electron chi connectivity index (χ4n) is 11.5. The van der Waals surface area contributed by atoms with Gasteiger partial charge in [0.25, 0.3) is 0 Å². The number of rotatable bonds is 2. The SMILES string of the molecule is C#CC#CC12CCC(CC1)CC2.C#CC#CC1CCCCC1.C#CC#Cc1ccc(-c2ccccc2)cc1.C(#Cc1ccc(-c2ccccc2)cc1)c1ccccc1.C(#Cc1ccccc1)c1ccccc1.C(#Cc1cccs1)c1cccs1.C(C#Cc1cccs1)#Cc1ccccc1.C(C#Cc1cccs1)#Cc1cccs1. The molecule has 5 heterocycles. The van der Waals surface area contributed by atoms with Crippen molar-refractivity contribution in [1.82, 2.24) is 0 Å². The Morgan fingerprint density at radius 3 is 0.850 bits per heavy atom. The number of hydrogen-bond donors (Lipinski definition) is 0. The summed E-state index contributed by atoms with van der Waals surface area (Å²) in [6, 6.07) is 97.0. The van der Waals surface area contributed by atoms with Crippen LogP contribution in [-0.4, -0.2) is 0 Å². The van der Waals surface area contributed by atoms with Crippen molar-refractivity contribution in [2.24, 2.45) is 17.3 Å². The second-order valence-corrected chi connectivity index (χ2v) is 30.0. The Balaban J connectivity index is 0.000000149. The smallest absolute Gasteiger partial charge is 0.0778 e. The number of terminal acetylenes is 3. The molecule has 0 aliphatic heterocycles. The fraction of sp³-hybridized carbons (Fsp3) is 0.130. The quantitative estimate of drug-likeness (QED) is 0.151. The van der Waals surface area contributed by atoms with E-state index < -0.39 is 0 Å². The first kappa shape index (κ1) is 83.6. The van der Waals surface area contributed by atoms with Gasteiger partial charge in [0.05, 0.1) is 24.4 Å². The maximum absolute atomic E-state index is 5.15. The molecule has 17 rings (SSSR count). The lowest BCUT2D eigenvalue weighted by Crippen LogP contribution is -2.32. The van der Waals surface area contributed by atoms with E-state index in [4.69, 9.17) is 19.3 Å². The van der Waals surface area contributed by atoms with Gasteiger partial charge in [0, 0.05) is 44.7 Å². The van der Waals surface area contributed by atoms with E-state index in [1.165, 1.54) is 92.9 Å². The molecule has 0 radical (unpaired) electrons. The average molecular weight is 1540 g/mol. The normalized spacial score (nSPS) is 12.8. The molecule has 8 aromatic carbocycles. The molecule has 0 amide bonds. The topological polar surface area (TPSA) is 0 Å². The van der Waals surface area contributed by atoms with E-state index in [1.807, 2.05) is 245 Å². The Bertz CT molecular complexity index is 5600. The van der Waals surface area contributed by atoms with Crippen LogP contribution in [0.25, 0.3) is 22.3 Å². The van der Waals surface area contributed by atoms with Crippen LogP contribution < -0.4 is 0 Å². The molecule has 13 aromatic rings. The van der Waals surface area contributed by atoms with E-state index in [0.29, 0.717) is 11.3 Å². The summed E-state index contributed by atoms with van der Waals surface area (Å²) in [5, 5.41) is 10.1. The molecule has 2 bridgehead atoms. The number of fused-ring (bicyclic) bond motifs is 3. The monoisotopic (exact) mass is 1540 g/mol.